The van der Waals surface area contributed by atoms with E-state index in [2.05, 4.69) is 27.3 Å². The summed E-state index contributed by atoms with van der Waals surface area (Å²) in [6.45, 7) is 0.850. The molecule has 1 aliphatic rings. The molecule has 0 radical (unpaired) electrons. The molecular weight excluding hydrogens is 384 g/mol. The summed E-state index contributed by atoms with van der Waals surface area (Å²) >= 11 is 0. The summed E-state index contributed by atoms with van der Waals surface area (Å²) in [6, 6.07) is 11.2. The molecule has 9 heteroatoms. The van der Waals surface area contributed by atoms with Crippen molar-refractivity contribution in [1.82, 2.24) is 10.6 Å². The molecule has 1 aliphatic heterocycles. The minimum atomic E-state index is -2.94. The molecule has 1 heterocycles. The molecule has 3 amide bonds. The van der Waals surface area contributed by atoms with Crippen molar-refractivity contribution in [2.45, 2.75) is 12.7 Å². The Kier molecular flexibility index (Phi) is 5.96. The lowest BCUT2D eigenvalue weighted by Crippen LogP contribution is -2.51. The molecule has 2 atom stereocenters. The molecule has 0 aromatic heterocycles. The molecule has 0 unspecified atom stereocenters. The molecule has 3 N–H and O–H groups in total. The van der Waals surface area contributed by atoms with Gasteiger partial charge in [-0.1, -0.05) is 18.7 Å². The standard InChI is InChI=1S/C20H19F2N3O4/c1-11-16(18(26)24-13-5-9-14(28-2)10-6-13)17(25-20(27)23-11)12-3-7-15(8-4-12)29-19(21)22/h3-10,16-17,19H,1H2,2H3,(H,24,26)(H2,23,25,27)/t16-,17-/m1/s1. The van der Waals surface area contributed by atoms with Crippen LogP contribution in [0.4, 0.5) is 19.3 Å². The zero-order valence-electron chi connectivity index (χ0n) is 15.4. The van der Waals surface area contributed by atoms with Gasteiger partial charge in [-0.25, -0.2) is 4.79 Å². The van der Waals surface area contributed by atoms with Gasteiger partial charge in [-0.15, -0.1) is 0 Å². The summed E-state index contributed by atoms with van der Waals surface area (Å²) in [7, 11) is 1.54. The molecule has 2 aromatic rings. The Morgan fingerprint density at radius 1 is 1.10 bits per heavy atom. The lowest BCUT2D eigenvalue weighted by atomic mass is 9.88. The Morgan fingerprint density at radius 3 is 2.31 bits per heavy atom. The van der Waals surface area contributed by atoms with Gasteiger partial charge < -0.3 is 25.4 Å². The normalized spacial score (nSPS) is 18.6. The SMILES string of the molecule is C=C1NC(=O)N[C@H](c2ccc(OC(F)F)cc2)[C@@H]1C(=O)Nc1ccc(OC)cc1. The Bertz CT molecular complexity index is 901. The fourth-order valence-electron chi connectivity index (χ4n) is 3.02. The molecule has 0 saturated carbocycles. The number of ether oxygens (including phenoxy) is 2. The second-order valence-corrected chi connectivity index (χ2v) is 6.24. The van der Waals surface area contributed by atoms with Crippen LogP contribution in [0.5, 0.6) is 11.5 Å². The predicted octanol–water partition coefficient (Wildman–Crippen LogP) is 3.42. The molecule has 0 spiro atoms. The number of halogens is 2. The third-order valence-electron chi connectivity index (χ3n) is 4.37. The van der Waals surface area contributed by atoms with Crippen LogP contribution >= 0.6 is 0 Å². The van der Waals surface area contributed by atoms with Crippen LogP contribution in [-0.4, -0.2) is 25.7 Å². The highest BCUT2D eigenvalue weighted by Crippen LogP contribution is 2.31. The van der Waals surface area contributed by atoms with E-state index in [0.717, 1.165) is 0 Å². The number of rotatable bonds is 6. The van der Waals surface area contributed by atoms with E-state index in [0.29, 0.717) is 17.0 Å². The highest BCUT2D eigenvalue weighted by atomic mass is 19.3. The molecule has 0 aliphatic carbocycles. The quantitative estimate of drug-likeness (QED) is 0.690. The van der Waals surface area contributed by atoms with Gasteiger partial charge in [-0.05, 0) is 42.0 Å². The number of anilines is 1. The van der Waals surface area contributed by atoms with Crippen LogP contribution in [0.15, 0.2) is 60.8 Å². The van der Waals surface area contributed by atoms with E-state index >= 15 is 0 Å². The van der Waals surface area contributed by atoms with Crippen LogP contribution in [0.2, 0.25) is 0 Å². The summed E-state index contributed by atoms with van der Waals surface area (Å²) in [5.41, 5.74) is 1.30. The second kappa shape index (κ2) is 8.59. The molecule has 29 heavy (non-hydrogen) atoms. The zero-order valence-corrected chi connectivity index (χ0v) is 15.4. The zero-order chi connectivity index (χ0) is 21.0. The molecule has 1 fully saturated rings. The number of alkyl halides is 2. The first-order chi connectivity index (χ1) is 13.9. The highest BCUT2D eigenvalue weighted by molar-refractivity contribution is 5.97. The van der Waals surface area contributed by atoms with Crippen molar-refractivity contribution in [3.8, 4) is 11.5 Å². The number of urea groups is 1. The number of carbonyl (C=O) groups is 2. The lowest BCUT2D eigenvalue weighted by Gasteiger charge is -2.34. The summed E-state index contributed by atoms with van der Waals surface area (Å²) < 4.78 is 34.1. The molecule has 152 valence electrons. The number of hydrogen-bond donors (Lipinski definition) is 3. The van der Waals surface area contributed by atoms with E-state index in [1.54, 1.807) is 24.3 Å². The average Bonchev–Trinajstić information content (AvgIpc) is 2.68. The first-order valence-electron chi connectivity index (χ1n) is 8.63. The Hall–Kier alpha value is -3.62. The van der Waals surface area contributed by atoms with Crippen LogP contribution in [0.3, 0.4) is 0 Å². The van der Waals surface area contributed by atoms with Crippen molar-refractivity contribution in [2.24, 2.45) is 5.92 Å². The lowest BCUT2D eigenvalue weighted by molar-refractivity contribution is -0.119. The fourth-order valence-corrected chi connectivity index (χ4v) is 3.02. The van der Waals surface area contributed by atoms with Gasteiger partial charge in [0, 0.05) is 11.4 Å². The number of hydrogen-bond acceptors (Lipinski definition) is 4. The van der Waals surface area contributed by atoms with E-state index in [1.165, 1.54) is 31.4 Å². The fraction of sp³-hybridized carbons (Fsp3) is 0.200. The van der Waals surface area contributed by atoms with Gasteiger partial charge in [0.15, 0.2) is 0 Å². The number of methoxy groups -OCH3 is 1. The van der Waals surface area contributed by atoms with Gasteiger partial charge in [-0.2, -0.15) is 8.78 Å². The first kappa shape index (κ1) is 20.1. The van der Waals surface area contributed by atoms with E-state index in [1.807, 2.05) is 0 Å². The Balaban J connectivity index is 1.82. The van der Waals surface area contributed by atoms with E-state index in [-0.39, 0.29) is 11.4 Å². The van der Waals surface area contributed by atoms with Gasteiger partial charge in [0.1, 0.15) is 17.4 Å². The Morgan fingerprint density at radius 2 is 1.72 bits per heavy atom. The first-order valence-corrected chi connectivity index (χ1v) is 8.63. The third-order valence-corrected chi connectivity index (χ3v) is 4.37. The second-order valence-electron chi connectivity index (χ2n) is 6.24. The topological polar surface area (TPSA) is 88.7 Å². The third kappa shape index (κ3) is 4.81. The number of nitrogens with one attached hydrogen (secondary N) is 3. The van der Waals surface area contributed by atoms with Crippen molar-refractivity contribution in [3.05, 3.63) is 66.4 Å². The van der Waals surface area contributed by atoms with Crippen LogP contribution in [0, 0.1) is 5.92 Å². The van der Waals surface area contributed by atoms with Crippen molar-refractivity contribution in [1.29, 1.82) is 0 Å². The number of carbonyl (C=O) groups excluding carboxylic acids is 2. The maximum atomic E-state index is 12.9. The molecular formula is C20H19F2N3O4. The average molecular weight is 403 g/mol. The number of benzene rings is 2. The van der Waals surface area contributed by atoms with Crippen molar-refractivity contribution >= 4 is 17.6 Å². The largest absolute Gasteiger partial charge is 0.497 e. The van der Waals surface area contributed by atoms with Crippen molar-refractivity contribution in [2.75, 3.05) is 12.4 Å². The molecule has 7 nitrogen and oxygen atoms in total. The van der Waals surface area contributed by atoms with E-state index < -0.39 is 30.5 Å². The van der Waals surface area contributed by atoms with Gasteiger partial charge in [-0.3, -0.25) is 4.79 Å². The van der Waals surface area contributed by atoms with Crippen LogP contribution in [0.25, 0.3) is 0 Å². The molecule has 2 aromatic carbocycles. The predicted molar refractivity (Wildman–Crippen MR) is 102 cm³/mol. The van der Waals surface area contributed by atoms with Gasteiger partial charge in [0.25, 0.3) is 0 Å². The number of amides is 3. The highest BCUT2D eigenvalue weighted by Gasteiger charge is 2.37. The summed E-state index contributed by atoms with van der Waals surface area (Å²) in [4.78, 5) is 24.8. The Labute approximate surface area is 165 Å². The molecule has 1 saturated heterocycles. The molecule has 3 rings (SSSR count). The summed E-state index contributed by atoms with van der Waals surface area (Å²) in [5, 5.41) is 7.95. The van der Waals surface area contributed by atoms with Crippen LogP contribution in [0.1, 0.15) is 11.6 Å². The van der Waals surface area contributed by atoms with Gasteiger partial charge in [0.2, 0.25) is 5.91 Å². The van der Waals surface area contributed by atoms with Crippen molar-refractivity contribution < 1.29 is 27.8 Å². The summed E-state index contributed by atoms with van der Waals surface area (Å²) in [6.07, 6.45) is 0. The van der Waals surface area contributed by atoms with E-state index in [4.69, 9.17) is 4.74 Å². The maximum Gasteiger partial charge on any atom is 0.387 e. The van der Waals surface area contributed by atoms with Gasteiger partial charge >= 0.3 is 12.6 Å². The van der Waals surface area contributed by atoms with Crippen LogP contribution in [-0.2, 0) is 4.79 Å². The minimum Gasteiger partial charge on any atom is -0.497 e. The van der Waals surface area contributed by atoms with E-state index in [9.17, 15) is 18.4 Å². The van der Waals surface area contributed by atoms with Crippen LogP contribution < -0.4 is 25.4 Å². The van der Waals surface area contributed by atoms with Gasteiger partial charge in [0.05, 0.1) is 13.2 Å². The van der Waals surface area contributed by atoms with Crippen molar-refractivity contribution in [3.63, 3.8) is 0 Å². The maximum absolute atomic E-state index is 12.9. The smallest absolute Gasteiger partial charge is 0.387 e. The summed E-state index contributed by atoms with van der Waals surface area (Å²) in [5.74, 6) is -0.618. The monoisotopic (exact) mass is 403 g/mol. The minimum absolute atomic E-state index is 0.0259. The molecule has 0 bridgehead atoms.